The van der Waals surface area contributed by atoms with Gasteiger partial charge in [0.15, 0.2) is 11.4 Å². The van der Waals surface area contributed by atoms with Gasteiger partial charge in [-0.15, -0.1) is 0 Å². The van der Waals surface area contributed by atoms with Crippen molar-refractivity contribution < 1.29 is 28.2 Å². The number of phenolic OH excluding ortho intramolecular Hbond substituents is 1. The van der Waals surface area contributed by atoms with Crippen LogP contribution in [-0.4, -0.2) is 22.2 Å². The lowest BCUT2D eigenvalue weighted by Crippen LogP contribution is -2.44. The Morgan fingerprint density at radius 3 is 2.25 bits per heavy atom. The Hall–Kier alpha value is -1.57. The minimum absolute atomic E-state index is 0.194. The van der Waals surface area contributed by atoms with Crippen molar-refractivity contribution in [2.75, 3.05) is 0 Å². The second kappa shape index (κ2) is 6.74. The van der Waals surface area contributed by atoms with Gasteiger partial charge in [0.25, 0.3) is 0 Å². The number of aromatic hydroxyl groups is 1. The molecule has 2 aromatic carbocycles. The lowest BCUT2D eigenvalue weighted by molar-refractivity contribution is -0.264. The molecule has 0 aliphatic carbocycles. The van der Waals surface area contributed by atoms with Gasteiger partial charge in [-0.2, -0.15) is 13.2 Å². The van der Waals surface area contributed by atoms with E-state index in [1.54, 1.807) is 0 Å². The fourth-order valence-electron chi connectivity index (χ4n) is 2.15. The largest absolute Gasteiger partial charge is 0.507 e. The van der Waals surface area contributed by atoms with E-state index in [-0.39, 0.29) is 10.6 Å². The number of Topliss-reactive ketones (excluding diaryl/α,β-unsaturated/α-hetero) is 1. The van der Waals surface area contributed by atoms with E-state index in [1.165, 1.54) is 30.3 Å². The first-order valence-corrected chi connectivity index (χ1v) is 7.78. The molecule has 2 rings (SSSR count). The predicted molar refractivity (Wildman–Crippen MR) is 86.2 cm³/mol. The fraction of sp³-hybridized carbons (Fsp3) is 0.188. The van der Waals surface area contributed by atoms with Crippen LogP contribution < -0.4 is 0 Å². The van der Waals surface area contributed by atoms with Crippen molar-refractivity contribution >= 4 is 33.3 Å². The van der Waals surface area contributed by atoms with Crippen LogP contribution >= 0.6 is 27.5 Å². The molecule has 0 aromatic heterocycles. The van der Waals surface area contributed by atoms with Gasteiger partial charge < -0.3 is 10.2 Å². The van der Waals surface area contributed by atoms with Gasteiger partial charge in [-0.05, 0) is 35.9 Å². The molecule has 0 aliphatic heterocycles. The van der Waals surface area contributed by atoms with Crippen molar-refractivity contribution in [1.29, 1.82) is 0 Å². The Morgan fingerprint density at radius 2 is 1.71 bits per heavy atom. The van der Waals surface area contributed by atoms with Gasteiger partial charge >= 0.3 is 6.18 Å². The fourth-order valence-corrected chi connectivity index (χ4v) is 2.64. The van der Waals surface area contributed by atoms with Crippen LogP contribution in [0.25, 0.3) is 0 Å². The van der Waals surface area contributed by atoms with Crippen LogP contribution in [0.2, 0.25) is 5.02 Å². The number of carbonyl (C=O) groups is 1. The normalized spacial score (nSPS) is 14.2. The Bertz CT molecular complexity index is 762. The van der Waals surface area contributed by atoms with Crippen LogP contribution in [0.5, 0.6) is 5.75 Å². The van der Waals surface area contributed by atoms with Crippen LogP contribution in [0.1, 0.15) is 22.3 Å². The molecule has 0 radical (unpaired) electrons. The summed E-state index contributed by atoms with van der Waals surface area (Å²) in [4.78, 5) is 12.3. The molecule has 8 heteroatoms. The third kappa shape index (κ3) is 3.74. The Labute approximate surface area is 148 Å². The maximum absolute atomic E-state index is 13.4. The van der Waals surface area contributed by atoms with Crippen LogP contribution in [0, 0.1) is 0 Å². The van der Waals surface area contributed by atoms with Crippen molar-refractivity contribution in [3.05, 3.63) is 63.1 Å². The zero-order valence-electron chi connectivity index (χ0n) is 11.9. The molecule has 0 bridgehead atoms. The number of alkyl halides is 3. The molecule has 2 N–H and O–H groups in total. The van der Waals surface area contributed by atoms with Gasteiger partial charge in [0, 0.05) is 9.50 Å². The van der Waals surface area contributed by atoms with E-state index in [9.17, 15) is 28.2 Å². The summed E-state index contributed by atoms with van der Waals surface area (Å²) in [5, 5.41) is 20.1. The van der Waals surface area contributed by atoms with Gasteiger partial charge in [0.05, 0.1) is 12.0 Å². The van der Waals surface area contributed by atoms with Gasteiger partial charge in [0.2, 0.25) is 0 Å². The minimum Gasteiger partial charge on any atom is -0.507 e. The Morgan fingerprint density at radius 1 is 1.12 bits per heavy atom. The highest BCUT2D eigenvalue weighted by Gasteiger charge is 2.56. The highest BCUT2D eigenvalue weighted by Crippen LogP contribution is 2.43. The van der Waals surface area contributed by atoms with E-state index < -0.39 is 35.3 Å². The third-order valence-electron chi connectivity index (χ3n) is 3.47. The van der Waals surface area contributed by atoms with Crippen LogP contribution in [0.15, 0.2) is 46.9 Å². The summed E-state index contributed by atoms with van der Waals surface area (Å²) < 4.78 is 40.7. The summed E-state index contributed by atoms with van der Waals surface area (Å²) in [7, 11) is 0. The summed E-state index contributed by atoms with van der Waals surface area (Å²) in [5.41, 5.74) is -4.23. The molecule has 0 amide bonds. The molecule has 0 saturated heterocycles. The highest BCUT2D eigenvalue weighted by atomic mass is 79.9. The summed E-state index contributed by atoms with van der Waals surface area (Å²) in [6.07, 6.45) is -6.37. The first-order valence-electron chi connectivity index (χ1n) is 6.61. The lowest BCUT2D eigenvalue weighted by Gasteiger charge is -2.30. The number of hydrogen-bond acceptors (Lipinski definition) is 3. The maximum atomic E-state index is 13.4. The zero-order chi connectivity index (χ0) is 18.1. The van der Waals surface area contributed by atoms with E-state index in [4.69, 9.17) is 11.6 Å². The molecule has 3 nitrogen and oxygen atoms in total. The SMILES string of the molecule is O=C(C[C@](O)(c1ccc(Cl)cc1)C(F)(F)F)c1cc(Br)ccc1O. The summed E-state index contributed by atoms with van der Waals surface area (Å²) in [6, 6.07) is 8.18. The van der Waals surface area contributed by atoms with E-state index in [0.29, 0.717) is 4.47 Å². The van der Waals surface area contributed by atoms with Crippen molar-refractivity contribution in [3.63, 3.8) is 0 Å². The topological polar surface area (TPSA) is 57.5 Å². The molecule has 0 aliphatic rings. The second-order valence-electron chi connectivity index (χ2n) is 5.13. The van der Waals surface area contributed by atoms with Crippen molar-refractivity contribution in [3.8, 4) is 5.75 Å². The lowest BCUT2D eigenvalue weighted by atomic mass is 9.86. The molecule has 2 aromatic rings. The molecular weight excluding hydrogens is 413 g/mol. The van der Waals surface area contributed by atoms with Crippen LogP contribution in [0.4, 0.5) is 13.2 Å². The van der Waals surface area contributed by atoms with Crippen molar-refractivity contribution in [1.82, 2.24) is 0 Å². The molecule has 0 saturated carbocycles. The van der Waals surface area contributed by atoms with Crippen molar-refractivity contribution in [2.24, 2.45) is 0 Å². The number of halogens is 5. The molecule has 1 atom stereocenters. The zero-order valence-corrected chi connectivity index (χ0v) is 14.3. The Balaban J connectivity index is 2.45. The van der Waals surface area contributed by atoms with Crippen LogP contribution in [-0.2, 0) is 5.60 Å². The summed E-state index contributed by atoms with van der Waals surface area (Å²) in [6.45, 7) is 0. The van der Waals surface area contributed by atoms with Gasteiger partial charge in [-0.1, -0.05) is 39.7 Å². The minimum atomic E-state index is -5.10. The molecule has 0 spiro atoms. The molecule has 0 heterocycles. The summed E-state index contributed by atoms with van der Waals surface area (Å²) >= 11 is 8.72. The number of phenols is 1. The van der Waals surface area contributed by atoms with Crippen molar-refractivity contribution in [2.45, 2.75) is 18.2 Å². The third-order valence-corrected chi connectivity index (χ3v) is 4.21. The molecule has 128 valence electrons. The second-order valence-corrected chi connectivity index (χ2v) is 6.48. The van der Waals surface area contributed by atoms with Crippen LogP contribution in [0.3, 0.4) is 0 Å². The average molecular weight is 424 g/mol. The number of benzene rings is 2. The van der Waals surface area contributed by atoms with Gasteiger partial charge in [-0.25, -0.2) is 0 Å². The predicted octanol–water partition coefficient (Wildman–Crippen LogP) is 4.83. The maximum Gasteiger partial charge on any atom is 0.421 e. The number of carbonyl (C=O) groups excluding carboxylic acids is 1. The first-order chi connectivity index (χ1) is 11.0. The molecular formula is C16H11BrClF3O3. The molecule has 0 fully saturated rings. The number of hydrogen-bond donors (Lipinski definition) is 2. The smallest absolute Gasteiger partial charge is 0.421 e. The number of aliphatic hydroxyl groups is 1. The van der Waals surface area contributed by atoms with E-state index in [0.717, 1.165) is 12.1 Å². The van der Waals surface area contributed by atoms with Gasteiger partial charge in [-0.3, -0.25) is 4.79 Å². The van der Waals surface area contributed by atoms with E-state index in [1.807, 2.05) is 0 Å². The number of ketones is 1. The number of rotatable bonds is 4. The van der Waals surface area contributed by atoms with Gasteiger partial charge in [0.1, 0.15) is 5.75 Å². The first kappa shape index (κ1) is 18.8. The average Bonchev–Trinajstić information content (AvgIpc) is 2.49. The molecule has 24 heavy (non-hydrogen) atoms. The Kier molecular flexibility index (Phi) is 5.27. The summed E-state index contributed by atoms with van der Waals surface area (Å²) in [5.74, 6) is -1.52. The van der Waals surface area contributed by atoms with E-state index in [2.05, 4.69) is 15.9 Å². The molecule has 0 unspecified atom stereocenters. The monoisotopic (exact) mass is 422 g/mol. The standard InChI is InChI=1S/C16H11BrClF3O3/c17-10-3-6-13(22)12(7-10)14(23)8-15(24,16(19,20)21)9-1-4-11(18)5-2-9/h1-7,22,24H,8H2/t15-/m0/s1. The quantitative estimate of drug-likeness (QED) is 0.693. The highest BCUT2D eigenvalue weighted by molar-refractivity contribution is 9.10. The van der Waals surface area contributed by atoms with E-state index >= 15 is 0 Å².